The lowest BCUT2D eigenvalue weighted by Gasteiger charge is -2.10. The van der Waals surface area contributed by atoms with Gasteiger partial charge in [0.2, 0.25) is 0 Å². The second-order valence-corrected chi connectivity index (χ2v) is 4.37. The first-order valence-corrected chi connectivity index (χ1v) is 5.73. The van der Waals surface area contributed by atoms with E-state index in [0.717, 1.165) is 28.7 Å². The summed E-state index contributed by atoms with van der Waals surface area (Å²) in [6.07, 6.45) is 0.784. The van der Waals surface area contributed by atoms with E-state index in [1.165, 1.54) is 0 Å². The van der Waals surface area contributed by atoms with E-state index in [9.17, 15) is 4.79 Å². The maximum atomic E-state index is 12.3. The van der Waals surface area contributed by atoms with Crippen LogP contribution in [0.1, 0.15) is 33.1 Å². The molecule has 1 aliphatic rings. The van der Waals surface area contributed by atoms with Crippen molar-refractivity contribution in [3.63, 3.8) is 0 Å². The Bertz CT molecular complexity index is 589. The molecule has 1 unspecified atom stereocenters. The van der Waals surface area contributed by atoms with Gasteiger partial charge in [-0.15, -0.1) is 0 Å². The monoisotopic (exact) mass is 223 g/mol. The number of carbonyl (C=O) groups is 1. The Morgan fingerprint density at radius 1 is 0.941 bits per heavy atom. The highest BCUT2D eigenvalue weighted by molar-refractivity contribution is 6.02. The van der Waals surface area contributed by atoms with E-state index < -0.39 is 6.04 Å². The Balaban J connectivity index is 2.24. The average Bonchev–Trinajstić information content (AvgIpc) is 2.48. The normalized spacial score (nSPS) is 18.2. The minimum absolute atomic E-state index is 0.0190. The van der Waals surface area contributed by atoms with Crippen molar-refractivity contribution in [3.8, 4) is 0 Å². The Morgan fingerprint density at radius 3 is 2.41 bits per heavy atom. The molecule has 0 spiro atoms. The van der Waals surface area contributed by atoms with Crippen molar-refractivity contribution >= 4 is 5.78 Å². The fraction of sp³-hybridized carbons (Fsp3) is 0.133. The Kier molecular flexibility index (Phi) is 2.30. The maximum absolute atomic E-state index is 12.3. The van der Waals surface area contributed by atoms with Gasteiger partial charge >= 0.3 is 0 Å². The zero-order valence-electron chi connectivity index (χ0n) is 9.39. The molecule has 0 radical (unpaired) electrons. The number of carbonyl (C=O) groups excluding carboxylic acids is 1. The molecule has 2 N–H and O–H groups in total. The minimum atomic E-state index is -0.533. The largest absolute Gasteiger partial charge is 0.317 e. The molecule has 0 saturated carbocycles. The van der Waals surface area contributed by atoms with Crippen molar-refractivity contribution in [2.24, 2.45) is 5.73 Å². The molecule has 0 saturated heterocycles. The highest BCUT2D eigenvalue weighted by Crippen LogP contribution is 2.28. The van der Waals surface area contributed by atoms with Gasteiger partial charge in [0.15, 0.2) is 5.78 Å². The van der Waals surface area contributed by atoms with E-state index in [4.69, 9.17) is 5.73 Å². The van der Waals surface area contributed by atoms with Gasteiger partial charge < -0.3 is 5.73 Å². The first kappa shape index (κ1) is 10.2. The third kappa shape index (κ3) is 1.58. The predicted octanol–water partition coefficient (Wildman–Crippen LogP) is 2.47. The van der Waals surface area contributed by atoms with Gasteiger partial charge in [0.25, 0.3) is 0 Å². The van der Waals surface area contributed by atoms with Crippen LogP contribution in [0.25, 0.3) is 0 Å². The molecule has 17 heavy (non-hydrogen) atoms. The van der Waals surface area contributed by atoms with Crippen LogP contribution in [-0.2, 0) is 6.42 Å². The lowest BCUT2D eigenvalue weighted by molar-refractivity contribution is 0.0961. The third-order valence-electron chi connectivity index (χ3n) is 3.34. The fourth-order valence-electron chi connectivity index (χ4n) is 2.43. The van der Waals surface area contributed by atoms with Crippen molar-refractivity contribution in [1.82, 2.24) is 0 Å². The zero-order valence-corrected chi connectivity index (χ0v) is 9.39. The SMILES string of the molecule is NC1C(=O)c2ccccc2Cc2ccccc21. The first-order valence-electron chi connectivity index (χ1n) is 5.73. The van der Waals surface area contributed by atoms with E-state index in [0.29, 0.717) is 0 Å². The van der Waals surface area contributed by atoms with E-state index in [-0.39, 0.29) is 5.78 Å². The molecule has 0 amide bonds. The number of hydrogen-bond donors (Lipinski definition) is 1. The Hall–Kier alpha value is -1.93. The second kappa shape index (κ2) is 3.82. The summed E-state index contributed by atoms with van der Waals surface area (Å²) in [5, 5.41) is 0. The number of ketones is 1. The molecule has 2 heteroatoms. The number of hydrogen-bond acceptors (Lipinski definition) is 2. The van der Waals surface area contributed by atoms with Crippen LogP contribution >= 0.6 is 0 Å². The molecule has 0 fully saturated rings. The van der Waals surface area contributed by atoms with Crippen molar-refractivity contribution in [1.29, 1.82) is 0 Å². The second-order valence-electron chi connectivity index (χ2n) is 4.37. The van der Waals surface area contributed by atoms with Crippen LogP contribution in [0.4, 0.5) is 0 Å². The summed E-state index contributed by atoms with van der Waals surface area (Å²) in [6, 6.07) is 15.1. The Morgan fingerprint density at radius 2 is 1.59 bits per heavy atom. The third-order valence-corrected chi connectivity index (χ3v) is 3.34. The van der Waals surface area contributed by atoms with Gasteiger partial charge in [0.05, 0.1) is 6.04 Å². The summed E-state index contributed by atoms with van der Waals surface area (Å²) in [6.45, 7) is 0. The number of nitrogens with two attached hydrogens (primary N) is 1. The molecule has 2 aromatic carbocycles. The summed E-state index contributed by atoms with van der Waals surface area (Å²) in [4.78, 5) is 12.3. The molecule has 1 aliphatic carbocycles. The van der Waals surface area contributed by atoms with Crippen LogP contribution in [0.2, 0.25) is 0 Å². The number of rotatable bonds is 0. The van der Waals surface area contributed by atoms with E-state index >= 15 is 0 Å². The topological polar surface area (TPSA) is 43.1 Å². The first-order chi connectivity index (χ1) is 8.27. The maximum Gasteiger partial charge on any atom is 0.184 e. The van der Waals surface area contributed by atoms with E-state index in [2.05, 4.69) is 0 Å². The molecule has 1 atom stereocenters. The number of Topliss-reactive ketones (excluding diaryl/α,β-unsaturated/α-hetero) is 1. The van der Waals surface area contributed by atoms with E-state index in [1.54, 1.807) is 0 Å². The van der Waals surface area contributed by atoms with Gasteiger partial charge in [0.1, 0.15) is 0 Å². The van der Waals surface area contributed by atoms with Crippen molar-refractivity contribution in [2.45, 2.75) is 12.5 Å². The van der Waals surface area contributed by atoms with Gasteiger partial charge in [-0.2, -0.15) is 0 Å². The highest BCUT2D eigenvalue weighted by Gasteiger charge is 2.25. The van der Waals surface area contributed by atoms with Gasteiger partial charge in [-0.1, -0.05) is 48.5 Å². The molecule has 0 heterocycles. The lowest BCUT2D eigenvalue weighted by atomic mass is 9.98. The summed E-state index contributed by atoms with van der Waals surface area (Å²) >= 11 is 0. The minimum Gasteiger partial charge on any atom is -0.317 e. The van der Waals surface area contributed by atoms with Crippen molar-refractivity contribution < 1.29 is 4.79 Å². The lowest BCUT2D eigenvalue weighted by Crippen LogP contribution is -2.21. The molecule has 3 rings (SSSR count). The molecule has 0 aliphatic heterocycles. The summed E-state index contributed by atoms with van der Waals surface area (Å²) < 4.78 is 0. The molecule has 2 aromatic rings. The van der Waals surface area contributed by atoms with Crippen LogP contribution in [0.15, 0.2) is 48.5 Å². The summed E-state index contributed by atoms with van der Waals surface area (Å²) in [5.41, 5.74) is 9.99. The standard InChI is InChI=1S/C15H13NO/c16-14-12-7-3-1-5-10(12)9-11-6-2-4-8-13(11)15(14)17/h1-8,14H,9,16H2. The fourth-order valence-corrected chi connectivity index (χ4v) is 2.43. The smallest absolute Gasteiger partial charge is 0.184 e. The van der Waals surface area contributed by atoms with Crippen molar-refractivity contribution in [2.75, 3.05) is 0 Å². The van der Waals surface area contributed by atoms with E-state index in [1.807, 2.05) is 48.5 Å². The molecular formula is C15H13NO. The van der Waals surface area contributed by atoms with Gasteiger partial charge in [-0.05, 0) is 23.1 Å². The molecule has 2 nitrogen and oxygen atoms in total. The van der Waals surface area contributed by atoms with Crippen LogP contribution in [0.5, 0.6) is 0 Å². The molecule has 84 valence electrons. The molecular weight excluding hydrogens is 210 g/mol. The van der Waals surface area contributed by atoms with Crippen LogP contribution in [0.3, 0.4) is 0 Å². The van der Waals surface area contributed by atoms with Crippen molar-refractivity contribution in [3.05, 3.63) is 70.8 Å². The van der Waals surface area contributed by atoms with Gasteiger partial charge in [-0.25, -0.2) is 0 Å². The van der Waals surface area contributed by atoms with Crippen LogP contribution in [0, 0.1) is 0 Å². The predicted molar refractivity (Wildman–Crippen MR) is 66.9 cm³/mol. The summed E-state index contributed by atoms with van der Waals surface area (Å²) in [5.74, 6) is 0.0190. The van der Waals surface area contributed by atoms with Gasteiger partial charge in [-0.3, -0.25) is 4.79 Å². The average molecular weight is 223 g/mol. The zero-order chi connectivity index (χ0) is 11.8. The van der Waals surface area contributed by atoms with Crippen LogP contribution in [-0.4, -0.2) is 5.78 Å². The summed E-state index contributed by atoms with van der Waals surface area (Å²) in [7, 11) is 0. The van der Waals surface area contributed by atoms with Gasteiger partial charge in [0, 0.05) is 5.56 Å². The van der Waals surface area contributed by atoms with Crippen LogP contribution < -0.4 is 5.73 Å². The molecule has 0 bridgehead atoms. The number of fused-ring (bicyclic) bond motifs is 2. The highest BCUT2D eigenvalue weighted by atomic mass is 16.1. The Labute approximate surface area is 100 Å². The quantitative estimate of drug-likeness (QED) is 0.745. The number of benzene rings is 2. The molecule has 0 aromatic heterocycles.